The summed E-state index contributed by atoms with van der Waals surface area (Å²) in [5.74, 6) is 0.666. The van der Waals surface area contributed by atoms with E-state index in [9.17, 15) is 10.1 Å². The van der Waals surface area contributed by atoms with E-state index in [1.54, 1.807) is 31.4 Å². The Labute approximate surface area is 184 Å². The van der Waals surface area contributed by atoms with E-state index in [4.69, 9.17) is 4.74 Å². The van der Waals surface area contributed by atoms with Crippen LogP contribution in [0.5, 0.6) is 5.75 Å². The van der Waals surface area contributed by atoms with Crippen LogP contribution in [0.4, 0.5) is 0 Å². The molecule has 6 heteroatoms. The normalized spacial score (nSPS) is 10.8. The van der Waals surface area contributed by atoms with Crippen molar-refractivity contribution in [2.45, 2.75) is 0 Å². The summed E-state index contributed by atoms with van der Waals surface area (Å²) in [5, 5.41) is 13.1. The molecule has 0 aliphatic heterocycles. The first-order valence-electron chi connectivity index (χ1n) is 10.1. The first kappa shape index (κ1) is 19.3. The second-order valence-electron chi connectivity index (χ2n) is 7.23. The number of nitriles is 1. The molecular weight excluding hydrogens is 400 g/mol. The Hall–Kier alpha value is -4.63. The molecule has 0 spiro atoms. The van der Waals surface area contributed by atoms with E-state index in [0.29, 0.717) is 17.0 Å². The third kappa shape index (κ3) is 3.13. The molecule has 5 rings (SSSR count). The maximum absolute atomic E-state index is 13.6. The Morgan fingerprint density at radius 3 is 2.03 bits per heavy atom. The number of fused-ring (bicyclic) bond motifs is 1. The fourth-order valence-electron chi connectivity index (χ4n) is 3.86. The maximum atomic E-state index is 13.6. The lowest BCUT2D eigenvalue weighted by molar-refractivity contribution is 0.415. The quantitative estimate of drug-likeness (QED) is 0.450. The van der Waals surface area contributed by atoms with Crippen LogP contribution in [-0.4, -0.2) is 21.7 Å². The highest BCUT2D eigenvalue weighted by molar-refractivity contribution is 5.91. The number of nitrogens with one attached hydrogen (secondary N) is 1. The van der Waals surface area contributed by atoms with Gasteiger partial charge in [0.05, 0.1) is 23.9 Å². The van der Waals surface area contributed by atoms with Crippen molar-refractivity contribution >= 4 is 5.65 Å². The lowest BCUT2D eigenvalue weighted by Crippen LogP contribution is -2.19. The third-order valence-electron chi connectivity index (χ3n) is 5.39. The van der Waals surface area contributed by atoms with Crippen LogP contribution in [0.25, 0.3) is 39.2 Å². The minimum atomic E-state index is -0.337. The van der Waals surface area contributed by atoms with E-state index in [-0.39, 0.29) is 16.8 Å². The number of hydrogen-bond donors (Lipinski definition) is 1. The highest BCUT2D eigenvalue weighted by atomic mass is 16.5. The molecule has 0 radical (unpaired) electrons. The van der Waals surface area contributed by atoms with Crippen LogP contribution in [0.15, 0.2) is 89.7 Å². The number of H-pyrrole nitrogens is 1. The molecule has 6 nitrogen and oxygen atoms in total. The van der Waals surface area contributed by atoms with E-state index in [1.165, 1.54) is 4.52 Å². The van der Waals surface area contributed by atoms with Gasteiger partial charge in [-0.25, -0.2) is 4.98 Å². The molecule has 0 amide bonds. The van der Waals surface area contributed by atoms with E-state index >= 15 is 0 Å². The van der Waals surface area contributed by atoms with E-state index < -0.39 is 0 Å². The van der Waals surface area contributed by atoms with Gasteiger partial charge in [0, 0.05) is 5.56 Å². The Morgan fingerprint density at radius 2 is 1.44 bits per heavy atom. The zero-order valence-electron chi connectivity index (χ0n) is 17.2. The maximum Gasteiger partial charge on any atom is 0.281 e. The zero-order valence-corrected chi connectivity index (χ0v) is 17.2. The van der Waals surface area contributed by atoms with Crippen molar-refractivity contribution in [3.8, 4) is 45.3 Å². The van der Waals surface area contributed by atoms with Crippen molar-refractivity contribution in [2.24, 2.45) is 0 Å². The number of benzene rings is 3. The zero-order chi connectivity index (χ0) is 22.1. The summed E-state index contributed by atoms with van der Waals surface area (Å²) in [4.78, 5) is 18.2. The number of hydrogen-bond acceptors (Lipinski definition) is 4. The molecule has 5 aromatic rings. The van der Waals surface area contributed by atoms with Crippen LogP contribution in [0.1, 0.15) is 5.69 Å². The van der Waals surface area contributed by atoms with Crippen molar-refractivity contribution in [1.82, 2.24) is 14.6 Å². The summed E-state index contributed by atoms with van der Waals surface area (Å²) in [6, 6.07) is 28.6. The minimum Gasteiger partial charge on any atom is -0.497 e. The molecule has 0 aliphatic carbocycles. The molecule has 0 aliphatic rings. The second-order valence-corrected chi connectivity index (χ2v) is 7.23. The third-order valence-corrected chi connectivity index (χ3v) is 5.39. The van der Waals surface area contributed by atoms with Gasteiger partial charge < -0.3 is 4.74 Å². The Morgan fingerprint density at radius 1 is 0.844 bits per heavy atom. The molecule has 1 N–H and O–H groups in total. The largest absolute Gasteiger partial charge is 0.497 e. The Balaban J connectivity index is 1.86. The van der Waals surface area contributed by atoms with Crippen LogP contribution in [-0.2, 0) is 0 Å². The Kier molecular flexibility index (Phi) is 4.77. The van der Waals surface area contributed by atoms with Gasteiger partial charge in [0.25, 0.3) is 5.56 Å². The predicted octanol–water partition coefficient (Wildman–Crippen LogP) is 4.90. The number of aromatic nitrogens is 3. The number of nitrogens with zero attached hydrogens (tertiary/aromatic N) is 3. The standard InChI is InChI=1S/C26H18N4O2/c1-32-20-14-12-18(13-15-20)22-21(16-27)28-25-23(17-8-4-2-5-9-17)24(29-30(25)26(22)31)19-10-6-3-7-11-19/h2-15,29H,1H3. The van der Waals surface area contributed by atoms with Crippen LogP contribution in [0.2, 0.25) is 0 Å². The molecule has 154 valence electrons. The van der Waals surface area contributed by atoms with Crippen LogP contribution in [0, 0.1) is 11.3 Å². The monoisotopic (exact) mass is 418 g/mol. The molecule has 2 heterocycles. The van der Waals surface area contributed by atoms with Gasteiger partial charge in [-0.2, -0.15) is 9.78 Å². The van der Waals surface area contributed by atoms with Gasteiger partial charge >= 0.3 is 0 Å². The van der Waals surface area contributed by atoms with Crippen LogP contribution < -0.4 is 10.3 Å². The van der Waals surface area contributed by atoms with E-state index in [2.05, 4.69) is 16.2 Å². The fourth-order valence-corrected chi connectivity index (χ4v) is 3.86. The van der Waals surface area contributed by atoms with Crippen molar-refractivity contribution in [3.63, 3.8) is 0 Å². The molecule has 2 aromatic heterocycles. The van der Waals surface area contributed by atoms with Gasteiger partial charge in [-0.1, -0.05) is 72.8 Å². The highest BCUT2D eigenvalue weighted by Crippen LogP contribution is 2.34. The molecule has 3 aromatic carbocycles. The molecular formula is C26H18N4O2. The van der Waals surface area contributed by atoms with Crippen LogP contribution >= 0.6 is 0 Å². The minimum absolute atomic E-state index is 0.0796. The number of ether oxygens (including phenoxy) is 1. The summed E-state index contributed by atoms with van der Waals surface area (Å²) in [5.41, 5.74) is 4.35. The van der Waals surface area contributed by atoms with Gasteiger partial charge in [-0.3, -0.25) is 9.89 Å². The molecule has 0 bridgehead atoms. The average Bonchev–Trinajstić information content (AvgIpc) is 3.25. The summed E-state index contributed by atoms with van der Waals surface area (Å²) < 4.78 is 6.63. The molecule has 0 saturated heterocycles. The van der Waals surface area contributed by atoms with Gasteiger partial charge in [0.2, 0.25) is 0 Å². The lowest BCUT2D eigenvalue weighted by atomic mass is 10.0. The topological polar surface area (TPSA) is 83.2 Å². The van der Waals surface area contributed by atoms with E-state index in [0.717, 1.165) is 22.4 Å². The molecule has 0 saturated carbocycles. The van der Waals surface area contributed by atoms with Gasteiger partial charge in [-0.05, 0) is 23.3 Å². The number of aromatic amines is 1. The summed E-state index contributed by atoms with van der Waals surface area (Å²) >= 11 is 0. The van der Waals surface area contributed by atoms with Crippen molar-refractivity contribution in [2.75, 3.05) is 7.11 Å². The first-order chi connectivity index (χ1) is 15.7. The summed E-state index contributed by atoms with van der Waals surface area (Å²) in [6.45, 7) is 0. The van der Waals surface area contributed by atoms with Gasteiger partial charge in [-0.15, -0.1) is 0 Å². The highest BCUT2D eigenvalue weighted by Gasteiger charge is 2.22. The summed E-state index contributed by atoms with van der Waals surface area (Å²) in [7, 11) is 1.58. The fraction of sp³-hybridized carbons (Fsp3) is 0.0385. The van der Waals surface area contributed by atoms with E-state index in [1.807, 2.05) is 60.7 Å². The molecule has 32 heavy (non-hydrogen) atoms. The average molecular weight is 418 g/mol. The van der Waals surface area contributed by atoms with Crippen molar-refractivity contribution in [1.29, 1.82) is 5.26 Å². The second kappa shape index (κ2) is 7.89. The molecule has 0 fully saturated rings. The van der Waals surface area contributed by atoms with Gasteiger partial charge in [0.1, 0.15) is 11.8 Å². The van der Waals surface area contributed by atoms with Crippen molar-refractivity contribution in [3.05, 3.63) is 101 Å². The van der Waals surface area contributed by atoms with Gasteiger partial charge in [0.15, 0.2) is 11.3 Å². The van der Waals surface area contributed by atoms with Crippen molar-refractivity contribution < 1.29 is 4.74 Å². The number of rotatable bonds is 4. The lowest BCUT2D eigenvalue weighted by Gasteiger charge is -2.06. The number of methoxy groups -OCH3 is 1. The molecule has 0 unspecified atom stereocenters. The SMILES string of the molecule is COc1ccc(-c2c(C#N)nc3c(-c4ccccc4)c(-c4ccccc4)[nH]n3c2=O)cc1. The first-order valence-corrected chi connectivity index (χ1v) is 10.1. The smallest absolute Gasteiger partial charge is 0.281 e. The predicted molar refractivity (Wildman–Crippen MR) is 123 cm³/mol. The van der Waals surface area contributed by atoms with Crippen LogP contribution in [0.3, 0.4) is 0 Å². The molecule has 0 atom stereocenters. The summed E-state index contributed by atoms with van der Waals surface area (Å²) in [6.07, 6.45) is 0. The Bertz CT molecular complexity index is 1510.